The number of benzene rings is 1. The van der Waals surface area contributed by atoms with E-state index in [0.717, 1.165) is 13.2 Å². The molecule has 2 atom stereocenters. The third kappa shape index (κ3) is 6.47. The van der Waals surface area contributed by atoms with Crippen LogP contribution in [0, 0.1) is 5.92 Å². The molecule has 1 aliphatic rings. The highest BCUT2D eigenvalue weighted by Crippen LogP contribution is 2.44. The summed E-state index contributed by atoms with van der Waals surface area (Å²) in [6.45, 7) is 11.5. The van der Waals surface area contributed by atoms with Gasteiger partial charge in [-0.05, 0) is 52.2 Å². The maximum Gasteiger partial charge on any atom is 0.416 e. The lowest BCUT2D eigenvalue weighted by atomic mass is 9.78. The van der Waals surface area contributed by atoms with E-state index in [9.17, 15) is 27.6 Å². The van der Waals surface area contributed by atoms with Crippen molar-refractivity contribution in [3.8, 4) is 0 Å². The second-order valence-corrected chi connectivity index (χ2v) is 9.94. The van der Waals surface area contributed by atoms with E-state index in [0.29, 0.717) is 0 Å². The zero-order valence-electron chi connectivity index (χ0n) is 21.7. The molecule has 0 saturated heterocycles. The zero-order chi connectivity index (χ0) is 27.6. The second kappa shape index (κ2) is 10.8. The van der Waals surface area contributed by atoms with Gasteiger partial charge in [0.15, 0.2) is 0 Å². The number of alkyl halides is 3. The Bertz CT molecular complexity index is 1100. The van der Waals surface area contributed by atoms with Crippen LogP contribution in [0.15, 0.2) is 46.8 Å². The number of allylic oxidation sites excluding steroid dienone is 2. The molecule has 7 nitrogen and oxygen atoms in total. The molecule has 0 fully saturated rings. The van der Waals surface area contributed by atoms with Crippen molar-refractivity contribution in [3.05, 3.63) is 57.9 Å². The fourth-order valence-corrected chi connectivity index (χ4v) is 4.08. The van der Waals surface area contributed by atoms with Crippen molar-refractivity contribution in [2.75, 3.05) is 7.11 Å². The summed E-state index contributed by atoms with van der Waals surface area (Å²) in [6.07, 6.45) is -4.75. The lowest BCUT2D eigenvalue weighted by Gasteiger charge is -2.33. The SMILES string of the molecule is COC(=O)C1=C(C)NC(C)=C(C(=O)N[C@H](C(=O)OC(C)(C)C)C(C)C)C1c1ccccc1C(F)(F)F. The summed E-state index contributed by atoms with van der Waals surface area (Å²) in [5.41, 5.74) is -1.86. The lowest BCUT2D eigenvalue weighted by molar-refractivity contribution is -0.159. The smallest absolute Gasteiger partial charge is 0.416 e. The first kappa shape index (κ1) is 28.9. The molecule has 0 aliphatic carbocycles. The molecule has 1 aliphatic heterocycles. The average Bonchev–Trinajstić information content (AvgIpc) is 2.74. The van der Waals surface area contributed by atoms with Crippen molar-refractivity contribution in [2.45, 2.75) is 72.2 Å². The summed E-state index contributed by atoms with van der Waals surface area (Å²) < 4.78 is 52.3. The molecular formula is C26H33F3N2O5. The summed E-state index contributed by atoms with van der Waals surface area (Å²) >= 11 is 0. The number of rotatable bonds is 6. The molecule has 1 heterocycles. The fraction of sp³-hybridized carbons (Fsp3) is 0.500. The van der Waals surface area contributed by atoms with Gasteiger partial charge in [0.25, 0.3) is 5.91 Å². The van der Waals surface area contributed by atoms with Crippen LogP contribution in [0.3, 0.4) is 0 Å². The molecule has 2 N–H and O–H groups in total. The first-order valence-corrected chi connectivity index (χ1v) is 11.5. The number of amides is 1. The minimum atomic E-state index is -4.75. The van der Waals surface area contributed by atoms with Crippen LogP contribution in [-0.2, 0) is 30.0 Å². The van der Waals surface area contributed by atoms with Crippen LogP contribution in [-0.4, -0.2) is 36.6 Å². The highest BCUT2D eigenvalue weighted by Gasteiger charge is 2.43. The molecule has 0 saturated carbocycles. The van der Waals surface area contributed by atoms with E-state index in [2.05, 4.69) is 10.6 Å². The Morgan fingerprint density at radius 1 is 1.00 bits per heavy atom. The van der Waals surface area contributed by atoms with E-state index < -0.39 is 47.1 Å². The second-order valence-electron chi connectivity index (χ2n) is 9.94. The quantitative estimate of drug-likeness (QED) is 0.544. The fourth-order valence-electron chi connectivity index (χ4n) is 4.08. The zero-order valence-corrected chi connectivity index (χ0v) is 21.7. The molecule has 36 heavy (non-hydrogen) atoms. The van der Waals surface area contributed by atoms with E-state index in [1.54, 1.807) is 34.6 Å². The van der Waals surface area contributed by atoms with Crippen LogP contribution >= 0.6 is 0 Å². The minimum absolute atomic E-state index is 0.132. The largest absolute Gasteiger partial charge is 0.466 e. The number of nitrogens with one attached hydrogen (secondary N) is 2. The average molecular weight is 511 g/mol. The van der Waals surface area contributed by atoms with Crippen LogP contribution in [0.4, 0.5) is 13.2 Å². The number of hydrogen-bond donors (Lipinski definition) is 2. The number of methoxy groups -OCH3 is 1. The van der Waals surface area contributed by atoms with Gasteiger partial charge >= 0.3 is 18.1 Å². The van der Waals surface area contributed by atoms with Gasteiger partial charge < -0.3 is 20.1 Å². The molecule has 198 valence electrons. The third-order valence-electron chi connectivity index (χ3n) is 5.60. The Labute approximate surface area is 209 Å². The number of hydrogen-bond acceptors (Lipinski definition) is 6. The lowest BCUT2D eigenvalue weighted by Crippen LogP contribution is -2.49. The van der Waals surface area contributed by atoms with Crippen LogP contribution in [0.2, 0.25) is 0 Å². The standard InChI is InChI=1S/C26H33F3N2O5/c1-13(2)21(24(34)36-25(5,6)7)31-22(32)18-14(3)30-15(4)19(23(33)35-8)20(18)16-11-9-10-12-17(16)26(27,28)29/h9-13,20-21,30H,1-8H3,(H,31,32)/t20?,21-/m0/s1. The summed E-state index contributed by atoms with van der Waals surface area (Å²) in [6, 6.07) is 3.67. The molecule has 10 heteroatoms. The molecule has 1 amide bonds. The minimum Gasteiger partial charge on any atom is -0.466 e. The van der Waals surface area contributed by atoms with Crippen molar-refractivity contribution in [1.29, 1.82) is 0 Å². The van der Waals surface area contributed by atoms with Gasteiger partial charge in [-0.1, -0.05) is 32.0 Å². The van der Waals surface area contributed by atoms with Crippen LogP contribution in [0.25, 0.3) is 0 Å². The third-order valence-corrected chi connectivity index (χ3v) is 5.60. The number of halogens is 3. The highest BCUT2D eigenvalue weighted by molar-refractivity contribution is 6.03. The van der Waals surface area contributed by atoms with Crippen molar-refractivity contribution >= 4 is 17.8 Å². The Hall–Kier alpha value is -3.30. The number of carbonyl (C=O) groups is 3. The van der Waals surface area contributed by atoms with E-state index in [-0.39, 0.29) is 34.0 Å². The summed E-state index contributed by atoms with van der Waals surface area (Å²) in [5.74, 6) is -4.16. The summed E-state index contributed by atoms with van der Waals surface area (Å²) in [7, 11) is 1.11. The first-order chi connectivity index (χ1) is 16.5. The maximum atomic E-state index is 14.0. The molecule has 0 spiro atoms. The summed E-state index contributed by atoms with van der Waals surface area (Å²) in [5, 5.41) is 5.53. The predicted molar refractivity (Wildman–Crippen MR) is 127 cm³/mol. The van der Waals surface area contributed by atoms with E-state index in [1.807, 2.05) is 0 Å². The van der Waals surface area contributed by atoms with E-state index in [4.69, 9.17) is 9.47 Å². The Balaban J connectivity index is 2.68. The van der Waals surface area contributed by atoms with Crippen LogP contribution in [0.1, 0.15) is 65.5 Å². The highest BCUT2D eigenvalue weighted by atomic mass is 19.4. The van der Waals surface area contributed by atoms with Crippen molar-refractivity contribution in [3.63, 3.8) is 0 Å². The molecule has 1 unspecified atom stereocenters. The van der Waals surface area contributed by atoms with Crippen LogP contribution in [0.5, 0.6) is 0 Å². The number of ether oxygens (including phenoxy) is 2. The van der Waals surface area contributed by atoms with Gasteiger partial charge in [0.2, 0.25) is 0 Å². The molecule has 2 rings (SSSR count). The molecular weight excluding hydrogens is 477 g/mol. The molecule has 0 aromatic heterocycles. The van der Waals surface area contributed by atoms with E-state index in [1.165, 1.54) is 32.0 Å². The van der Waals surface area contributed by atoms with Crippen molar-refractivity contribution in [2.24, 2.45) is 5.92 Å². The molecule has 0 radical (unpaired) electrons. The Morgan fingerprint density at radius 3 is 2.06 bits per heavy atom. The topological polar surface area (TPSA) is 93.7 Å². The Kier molecular flexibility index (Phi) is 8.65. The van der Waals surface area contributed by atoms with Gasteiger partial charge in [0, 0.05) is 17.0 Å². The predicted octanol–water partition coefficient (Wildman–Crippen LogP) is 4.60. The van der Waals surface area contributed by atoms with Gasteiger partial charge in [0.05, 0.1) is 24.2 Å². The number of dihydropyridines is 1. The Morgan fingerprint density at radius 2 is 1.56 bits per heavy atom. The monoisotopic (exact) mass is 510 g/mol. The van der Waals surface area contributed by atoms with Gasteiger partial charge in [-0.25, -0.2) is 9.59 Å². The normalized spacial score (nSPS) is 17.5. The number of carbonyl (C=O) groups excluding carboxylic acids is 3. The summed E-state index contributed by atoms with van der Waals surface area (Å²) in [4.78, 5) is 39.2. The molecule has 0 bridgehead atoms. The van der Waals surface area contributed by atoms with Crippen LogP contribution < -0.4 is 10.6 Å². The first-order valence-electron chi connectivity index (χ1n) is 11.5. The molecule has 1 aromatic carbocycles. The van der Waals surface area contributed by atoms with Gasteiger partial charge in [-0.15, -0.1) is 0 Å². The van der Waals surface area contributed by atoms with E-state index >= 15 is 0 Å². The van der Waals surface area contributed by atoms with Gasteiger partial charge in [0.1, 0.15) is 11.6 Å². The van der Waals surface area contributed by atoms with Gasteiger partial charge in [-0.2, -0.15) is 13.2 Å². The molecule has 1 aromatic rings. The van der Waals surface area contributed by atoms with Gasteiger partial charge in [-0.3, -0.25) is 4.79 Å². The van der Waals surface area contributed by atoms with Crippen molar-refractivity contribution < 1.29 is 37.0 Å². The number of esters is 2. The maximum absolute atomic E-state index is 14.0. The van der Waals surface area contributed by atoms with Crippen molar-refractivity contribution in [1.82, 2.24) is 10.6 Å².